The van der Waals surface area contributed by atoms with E-state index in [-0.39, 0.29) is 11.5 Å². The van der Waals surface area contributed by atoms with E-state index < -0.39 is 0 Å². The van der Waals surface area contributed by atoms with Gasteiger partial charge in [0.15, 0.2) is 0 Å². The smallest absolute Gasteiger partial charge is 0.0707 e. The second kappa shape index (κ2) is 4.87. The third-order valence-electron chi connectivity index (χ3n) is 4.23. The number of morpholine rings is 1. The van der Waals surface area contributed by atoms with Crippen LogP contribution in [0.25, 0.3) is 0 Å². The first-order valence-electron chi connectivity index (χ1n) is 7.07. The van der Waals surface area contributed by atoms with Gasteiger partial charge in [0.25, 0.3) is 0 Å². The molecule has 17 heavy (non-hydrogen) atoms. The molecular weight excluding hydrogens is 212 g/mol. The number of hydrogen-bond acceptors (Lipinski definition) is 3. The number of ether oxygens (including phenoxy) is 1. The highest BCUT2D eigenvalue weighted by Crippen LogP contribution is 2.34. The van der Waals surface area contributed by atoms with Crippen molar-refractivity contribution in [2.45, 2.75) is 71.2 Å². The van der Waals surface area contributed by atoms with E-state index in [1.807, 2.05) is 0 Å². The summed E-state index contributed by atoms with van der Waals surface area (Å²) < 4.78 is 5.92. The van der Waals surface area contributed by atoms with Crippen molar-refractivity contribution in [3.05, 3.63) is 0 Å². The summed E-state index contributed by atoms with van der Waals surface area (Å²) in [5.41, 5.74) is 6.61. The third kappa shape index (κ3) is 2.83. The fourth-order valence-electron chi connectivity index (χ4n) is 3.56. The minimum atomic E-state index is 0.242. The molecule has 2 fully saturated rings. The van der Waals surface area contributed by atoms with E-state index in [1.165, 1.54) is 12.8 Å². The molecule has 4 unspecified atom stereocenters. The van der Waals surface area contributed by atoms with E-state index in [0.717, 1.165) is 19.5 Å². The van der Waals surface area contributed by atoms with Crippen LogP contribution in [0, 0.1) is 5.41 Å². The zero-order chi connectivity index (χ0) is 12.6. The van der Waals surface area contributed by atoms with Gasteiger partial charge in [0.2, 0.25) is 0 Å². The van der Waals surface area contributed by atoms with Gasteiger partial charge in [0.1, 0.15) is 0 Å². The predicted octanol–water partition coefficient (Wildman–Crippen LogP) is 2.00. The fraction of sp³-hybridized carbons (Fsp3) is 1.00. The van der Waals surface area contributed by atoms with E-state index in [1.54, 1.807) is 0 Å². The minimum absolute atomic E-state index is 0.242. The summed E-state index contributed by atoms with van der Waals surface area (Å²) in [7, 11) is 0. The predicted molar refractivity (Wildman–Crippen MR) is 71.0 cm³/mol. The number of rotatable bonds is 3. The first-order valence-corrected chi connectivity index (χ1v) is 7.07. The molecule has 2 saturated heterocycles. The highest BCUT2D eigenvalue weighted by molar-refractivity contribution is 4.96. The van der Waals surface area contributed by atoms with Gasteiger partial charge < -0.3 is 10.5 Å². The van der Waals surface area contributed by atoms with E-state index >= 15 is 0 Å². The quantitative estimate of drug-likeness (QED) is 0.820. The monoisotopic (exact) mass is 240 g/mol. The molecule has 3 heteroatoms. The first-order chi connectivity index (χ1) is 7.91. The van der Waals surface area contributed by atoms with Crippen LogP contribution >= 0.6 is 0 Å². The van der Waals surface area contributed by atoms with Crippen molar-refractivity contribution in [2.24, 2.45) is 11.1 Å². The van der Waals surface area contributed by atoms with E-state index in [9.17, 15) is 0 Å². The topological polar surface area (TPSA) is 38.5 Å². The molecule has 0 aromatic rings. The lowest BCUT2D eigenvalue weighted by Gasteiger charge is -2.46. The molecule has 0 saturated carbocycles. The van der Waals surface area contributed by atoms with E-state index in [2.05, 4.69) is 32.6 Å². The molecule has 2 aliphatic rings. The molecule has 2 heterocycles. The Kier molecular flexibility index (Phi) is 3.81. The Morgan fingerprint density at radius 1 is 1.24 bits per heavy atom. The molecule has 0 spiro atoms. The Bertz CT molecular complexity index is 249. The number of likely N-dealkylation sites (tertiary alicyclic amines) is 1. The van der Waals surface area contributed by atoms with Gasteiger partial charge in [0, 0.05) is 25.2 Å². The largest absolute Gasteiger partial charge is 0.372 e. The average Bonchev–Trinajstić information content (AvgIpc) is 2.56. The molecule has 3 nitrogen and oxygen atoms in total. The second-order valence-corrected chi connectivity index (χ2v) is 6.79. The Balaban J connectivity index is 2.10. The molecule has 0 radical (unpaired) electrons. The van der Waals surface area contributed by atoms with Crippen LogP contribution in [0.15, 0.2) is 0 Å². The van der Waals surface area contributed by atoms with Crippen LogP contribution in [0.1, 0.15) is 47.0 Å². The molecule has 2 rings (SSSR count). The standard InChI is InChI=1S/C14H28N2O/c1-5-12(15)13(14(2,3)4)16-8-10-6-7-11(9-16)17-10/h10-13H,5-9,15H2,1-4H3. The van der Waals surface area contributed by atoms with Gasteiger partial charge in [-0.2, -0.15) is 0 Å². The molecule has 0 aromatic carbocycles. The van der Waals surface area contributed by atoms with Crippen molar-refractivity contribution >= 4 is 0 Å². The lowest BCUT2D eigenvalue weighted by molar-refractivity contribution is -0.0735. The number of nitrogens with zero attached hydrogens (tertiary/aromatic N) is 1. The van der Waals surface area contributed by atoms with Crippen LogP contribution in [-0.2, 0) is 4.74 Å². The molecule has 100 valence electrons. The van der Waals surface area contributed by atoms with Crippen molar-refractivity contribution in [3.63, 3.8) is 0 Å². The van der Waals surface area contributed by atoms with Crippen molar-refractivity contribution in [3.8, 4) is 0 Å². The summed E-state index contributed by atoms with van der Waals surface area (Å²) in [4.78, 5) is 2.60. The van der Waals surface area contributed by atoms with Crippen molar-refractivity contribution in [1.29, 1.82) is 0 Å². The minimum Gasteiger partial charge on any atom is -0.372 e. The van der Waals surface area contributed by atoms with Crippen LogP contribution in [0.3, 0.4) is 0 Å². The van der Waals surface area contributed by atoms with Gasteiger partial charge in [-0.05, 0) is 24.7 Å². The Morgan fingerprint density at radius 2 is 1.76 bits per heavy atom. The summed E-state index contributed by atoms with van der Waals surface area (Å²) >= 11 is 0. The molecule has 0 aromatic heterocycles. The van der Waals surface area contributed by atoms with Crippen LogP contribution in [0.5, 0.6) is 0 Å². The summed E-state index contributed by atoms with van der Waals surface area (Å²) in [6, 6.07) is 0.743. The first kappa shape index (κ1) is 13.3. The van der Waals surface area contributed by atoms with Gasteiger partial charge in [-0.15, -0.1) is 0 Å². The van der Waals surface area contributed by atoms with Crippen LogP contribution < -0.4 is 5.73 Å². The van der Waals surface area contributed by atoms with E-state index in [4.69, 9.17) is 10.5 Å². The normalized spacial score (nSPS) is 33.7. The van der Waals surface area contributed by atoms with Gasteiger partial charge in [-0.25, -0.2) is 0 Å². The van der Waals surface area contributed by atoms with Gasteiger partial charge in [-0.3, -0.25) is 4.90 Å². The molecular formula is C14H28N2O. The lowest BCUT2D eigenvalue weighted by Crippen LogP contribution is -2.59. The number of nitrogens with two attached hydrogens (primary N) is 1. The molecule has 0 aliphatic carbocycles. The summed E-state index contributed by atoms with van der Waals surface area (Å²) in [5.74, 6) is 0. The maximum Gasteiger partial charge on any atom is 0.0707 e. The SMILES string of the molecule is CCC(N)C(N1CC2CCC(C1)O2)C(C)(C)C. The number of fused-ring (bicyclic) bond motifs is 2. The maximum atomic E-state index is 6.36. The molecule has 2 bridgehead atoms. The summed E-state index contributed by atoms with van der Waals surface area (Å²) in [6.07, 6.45) is 4.44. The summed E-state index contributed by atoms with van der Waals surface area (Å²) in [5, 5.41) is 0. The van der Waals surface area contributed by atoms with Crippen molar-refractivity contribution < 1.29 is 4.74 Å². The Labute approximate surface area is 106 Å². The highest BCUT2D eigenvalue weighted by atomic mass is 16.5. The molecule has 0 amide bonds. The van der Waals surface area contributed by atoms with Crippen LogP contribution in [0.4, 0.5) is 0 Å². The number of hydrogen-bond donors (Lipinski definition) is 1. The Hall–Kier alpha value is -0.120. The highest BCUT2D eigenvalue weighted by Gasteiger charge is 2.41. The second-order valence-electron chi connectivity index (χ2n) is 6.79. The lowest BCUT2D eigenvalue weighted by atomic mass is 9.80. The zero-order valence-corrected chi connectivity index (χ0v) is 11.8. The third-order valence-corrected chi connectivity index (χ3v) is 4.23. The van der Waals surface area contributed by atoms with Crippen molar-refractivity contribution in [1.82, 2.24) is 4.90 Å². The van der Waals surface area contributed by atoms with Gasteiger partial charge in [0.05, 0.1) is 12.2 Å². The van der Waals surface area contributed by atoms with Gasteiger partial charge >= 0.3 is 0 Å². The van der Waals surface area contributed by atoms with Crippen LogP contribution in [0.2, 0.25) is 0 Å². The van der Waals surface area contributed by atoms with E-state index in [0.29, 0.717) is 18.2 Å². The maximum absolute atomic E-state index is 6.36. The fourth-order valence-corrected chi connectivity index (χ4v) is 3.56. The average molecular weight is 240 g/mol. The molecule has 4 atom stereocenters. The zero-order valence-electron chi connectivity index (χ0n) is 11.8. The van der Waals surface area contributed by atoms with Crippen molar-refractivity contribution in [2.75, 3.05) is 13.1 Å². The van der Waals surface area contributed by atoms with Crippen LogP contribution in [-0.4, -0.2) is 42.3 Å². The Morgan fingerprint density at radius 3 is 2.18 bits per heavy atom. The van der Waals surface area contributed by atoms with Gasteiger partial charge in [-0.1, -0.05) is 27.7 Å². The molecule has 2 aliphatic heterocycles. The molecule has 2 N–H and O–H groups in total. The summed E-state index contributed by atoms with van der Waals surface area (Å²) in [6.45, 7) is 11.3.